The van der Waals surface area contributed by atoms with Crippen LogP contribution in [0.4, 0.5) is 0 Å². The summed E-state index contributed by atoms with van der Waals surface area (Å²) in [6.07, 6.45) is 6.06. The van der Waals surface area contributed by atoms with E-state index in [1.807, 2.05) is 69.4 Å². The maximum Gasteiger partial charge on any atom is 0.251 e. The van der Waals surface area contributed by atoms with Gasteiger partial charge in [0, 0.05) is 28.9 Å². The lowest BCUT2D eigenvalue weighted by molar-refractivity contribution is 0.0951. The number of carbonyl (C=O) groups is 1. The summed E-state index contributed by atoms with van der Waals surface area (Å²) >= 11 is 0. The van der Waals surface area contributed by atoms with Crippen LogP contribution in [0.1, 0.15) is 50.4 Å². The molecule has 5 rings (SSSR count). The van der Waals surface area contributed by atoms with Gasteiger partial charge in [0.05, 0.1) is 23.3 Å². The first kappa shape index (κ1) is 24.2. The first-order chi connectivity index (χ1) is 17.1. The Morgan fingerprint density at radius 2 is 1.72 bits per heavy atom. The van der Waals surface area contributed by atoms with E-state index in [1.165, 1.54) is 0 Å². The van der Waals surface area contributed by atoms with Gasteiger partial charge in [-0.1, -0.05) is 63.2 Å². The van der Waals surface area contributed by atoms with Crippen molar-refractivity contribution in [3.8, 4) is 22.5 Å². The molecule has 0 bridgehead atoms. The second-order valence-electron chi connectivity index (χ2n) is 10.6. The number of hydrogen-bond donors (Lipinski definition) is 1. The number of imidazole rings is 1. The average Bonchev–Trinajstić information content (AvgIpc) is 3.57. The minimum absolute atomic E-state index is 0.00952. The van der Waals surface area contributed by atoms with E-state index >= 15 is 0 Å². The van der Waals surface area contributed by atoms with Crippen LogP contribution >= 0.6 is 0 Å². The van der Waals surface area contributed by atoms with Gasteiger partial charge in [0.25, 0.3) is 5.91 Å². The molecule has 36 heavy (non-hydrogen) atoms. The molecule has 0 unspecified atom stereocenters. The van der Waals surface area contributed by atoms with Gasteiger partial charge in [-0.25, -0.2) is 18.4 Å². The van der Waals surface area contributed by atoms with Crippen LogP contribution in [-0.2, 0) is 9.84 Å². The molecule has 1 aliphatic carbocycles. The topological polar surface area (TPSA) is 93.4 Å². The molecular formula is C28H30N4O3S. The van der Waals surface area contributed by atoms with Crippen LogP contribution in [0.15, 0.2) is 72.0 Å². The number of rotatable bonds is 7. The molecule has 0 atom stereocenters. The van der Waals surface area contributed by atoms with E-state index < -0.39 is 9.84 Å². The van der Waals surface area contributed by atoms with Gasteiger partial charge in [0.1, 0.15) is 0 Å². The third-order valence-corrected chi connectivity index (χ3v) is 7.91. The molecule has 0 saturated heterocycles. The number of aromatic nitrogens is 3. The normalized spacial score (nSPS) is 14.2. The molecular weight excluding hydrogens is 472 g/mol. The molecule has 8 heteroatoms. The van der Waals surface area contributed by atoms with Crippen molar-refractivity contribution < 1.29 is 13.2 Å². The van der Waals surface area contributed by atoms with Crippen molar-refractivity contribution in [3.05, 3.63) is 72.6 Å². The summed E-state index contributed by atoms with van der Waals surface area (Å²) in [5.74, 6) is -0.0882. The zero-order valence-electron chi connectivity index (χ0n) is 20.7. The fourth-order valence-electron chi connectivity index (χ4n) is 3.96. The Kier molecular flexibility index (Phi) is 6.16. The third-order valence-electron chi connectivity index (χ3n) is 6.30. The van der Waals surface area contributed by atoms with Crippen LogP contribution in [0.2, 0.25) is 0 Å². The quantitative estimate of drug-likeness (QED) is 0.377. The van der Waals surface area contributed by atoms with Gasteiger partial charge < -0.3 is 5.32 Å². The lowest BCUT2D eigenvalue weighted by Gasteiger charge is -2.18. The smallest absolute Gasteiger partial charge is 0.251 e. The van der Waals surface area contributed by atoms with E-state index in [9.17, 15) is 13.2 Å². The highest BCUT2D eigenvalue weighted by molar-refractivity contribution is 7.91. The molecule has 4 aromatic rings. The second-order valence-corrected chi connectivity index (χ2v) is 12.6. The monoisotopic (exact) mass is 502 g/mol. The summed E-state index contributed by atoms with van der Waals surface area (Å²) in [5, 5.41) is 2.98. The molecule has 1 saturated carbocycles. The molecule has 1 N–H and O–H groups in total. The highest BCUT2D eigenvalue weighted by Crippen LogP contribution is 2.30. The Morgan fingerprint density at radius 3 is 2.36 bits per heavy atom. The number of carbonyl (C=O) groups excluding carboxylic acids is 1. The molecule has 7 nitrogen and oxygen atoms in total. The Balaban J connectivity index is 1.59. The molecule has 1 fully saturated rings. The number of nitrogens with zero attached hydrogens (tertiary/aromatic N) is 3. The molecule has 186 valence electrons. The molecule has 0 aliphatic heterocycles. The molecule has 2 heterocycles. The van der Waals surface area contributed by atoms with Crippen LogP contribution in [0.25, 0.3) is 28.2 Å². The van der Waals surface area contributed by atoms with Crippen LogP contribution in [0, 0.1) is 5.41 Å². The van der Waals surface area contributed by atoms with Crippen LogP contribution in [0.3, 0.4) is 0 Å². The van der Waals surface area contributed by atoms with Crippen LogP contribution < -0.4 is 5.32 Å². The van der Waals surface area contributed by atoms with Gasteiger partial charge in [-0.15, -0.1) is 0 Å². The second kappa shape index (κ2) is 9.17. The summed E-state index contributed by atoms with van der Waals surface area (Å²) in [5.41, 5.74) is 3.69. The largest absolute Gasteiger partial charge is 0.349 e. The van der Waals surface area contributed by atoms with E-state index in [4.69, 9.17) is 0 Å². The van der Waals surface area contributed by atoms with E-state index in [-0.39, 0.29) is 22.1 Å². The zero-order valence-corrected chi connectivity index (χ0v) is 21.5. The average molecular weight is 503 g/mol. The maximum absolute atomic E-state index is 13.5. The van der Waals surface area contributed by atoms with Gasteiger partial charge in [-0.3, -0.25) is 9.20 Å². The summed E-state index contributed by atoms with van der Waals surface area (Å²) in [6, 6.07) is 17.1. The van der Waals surface area contributed by atoms with E-state index in [1.54, 1.807) is 22.7 Å². The fourth-order valence-corrected chi connectivity index (χ4v) is 5.70. The highest BCUT2D eigenvalue weighted by atomic mass is 32.2. The van der Waals surface area contributed by atoms with Crippen molar-refractivity contribution in [3.63, 3.8) is 0 Å². The fraction of sp³-hybridized carbons (Fsp3) is 0.321. The predicted molar refractivity (Wildman–Crippen MR) is 140 cm³/mol. The van der Waals surface area contributed by atoms with Crippen molar-refractivity contribution in [2.24, 2.45) is 5.41 Å². The molecule has 2 aromatic heterocycles. The molecule has 1 aliphatic rings. The standard InChI is InChI=1S/C28H30N4O3S/c1-28(2,3)15-16-36(34,35)27-25-29-17-24(32(25)18-23(31-27)19-7-5-4-6-8-19)20-9-11-21(12-10-20)26(33)30-22-13-14-22/h4-12,17-18,22H,13-16H2,1-3H3,(H,30,33). The Labute approximate surface area is 211 Å². The van der Waals surface area contributed by atoms with Crippen molar-refractivity contribution >= 4 is 21.4 Å². The number of hydrogen-bond acceptors (Lipinski definition) is 5. The van der Waals surface area contributed by atoms with Crippen molar-refractivity contribution in [2.45, 2.75) is 51.1 Å². The van der Waals surface area contributed by atoms with Gasteiger partial charge in [0.2, 0.25) is 0 Å². The van der Waals surface area contributed by atoms with E-state index in [0.717, 1.165) is 29.7 Å². The lowest BCUT2D eigenvalue weighted by Crippen LogP contribution is -2.25. The predicted octanol–water partition coefficient (Wildman–Crippen LogP) is 5.17. The number of sulfone groups is 1. The Bertz CT molecular complexity index is 1520. The maximum atomic E-state index is 13.5. The summed E-state index contributed by atoms with van der Waals surface area (Å²) in [7, 11) is -3.69. The summed E-state index contributed by atoms with van der Waals surface area (Å²) in [6.45, 7) is 6.07. The molecule has 0 radical (unpaired) electrons. The van der Waals surface area contributed by atoms with Crippen molar-refractivity contribution in [1.29, 1.82) is 0 Å². The molecule has 2 aromatic carbocycles. The third kappa shape index (κ3) is 5.18. The number of nitrogens with one attached hydrogen (secondary N) is 1. The van der Waals surface area contributed by atoms with Crippen LogP contribution in [-0.4, -0.2) is 40.5 Å². The van der Waals surface area contributed by atoms with E-state index in [0.29, 0.717) is 29.4 Å². The van der Waals surface area contributed by atoms with E-state index in [2.05, 4.69) is 15.3 Å². The first-order valence-electron chi connectivity index (χ1n) is 12.2. The lowest BCUT2D eigenvalue weighted by atomic mass is 9.94. The Hall–Kier alpha value is -3.52. The minimum Gasteiger partial charge on any atom is -0.349 e. The number of fused-ring (bicyclic) bond motifs is 1. The van der Waals surface area contributed by atoms with Gasteiger partial charge in [-0.2, -0.15) is 0 Å². The highest BCUT2D eigenvalue weighted by Gasteiger charge is 2.27. The molecule has 1 amide bonds. The minimum atomic E-state index is -3.69. The first-order valence-corrected chi connectivity index (χ1v) is 13.8. The summed E-state index contributed by atoms with van der Waals surface area (Å²) < 4.78 is 28.7. The number of benzene rings is 2. The van der Waals surface area contributed by atoms with Gasteiger partial charge in [-0.05, 0) is 36.8 Å². The van der Waals surface area contributed by atoms with Gasteiger partial charge in [0.15, 0.2) is 20.5 Å². The zero-order chi connectivity index (χ0) is 25.5. The molecule has 0 spiro atoms. The number of amides is 1. The van der Waals surface area contributed by atoms with Crippen LogP contribution in [0.5, 0.6) is 0 Å². The van der Waals surface area contributed by atoms with Gasteiger partial charge >= 0.3 is 0 Å². The summed E-state index contributed by atoms with van der Waals surface area (Å²) in [4.78, 5) is 21.5. The van der Waals surface area contributed by atoms with Crippen molar-refractivity contribution in [2.75, 3.05) is 5.75 Å². The van der Waals surface area contributed by atoms with Crippen molar-refractivity contribution in [1.82, 2.24) is 19.7 Å². The Morgan fingerprint density at radius 1 is 1.03 bits per heavy atom. The SMILES string of the molecule is CC(C)(C)CCS(=O)(=O)c1nc(-c2ccccc2)cn2c(-c3ccc(C(=O)NC4CC4)cc3)cnc12.